The highest BCUT2D eigenvalue weighted by Gasteiger charge is 2.28. The lowest BCUT2D eigenvalue weighted by molar-refractivity contribution is -0.126. The maximum Gasteiger partial charge on any atom is 0.225 e. The molecule has 1 saturated heterocycles. The van der Waals surface area contributed by atoms with Crippen LogP contribution in [0.4, 0.5) is 5.95 Å². The minimum atomic E-state index is -0.0878. The van der Waals surface area contributed by atoms with Gasteiger partial charge in [0.1, 0.15) is 0 Å². The van der Waals surface area contributed by atoms with Gasteiger partial charge in [0.05, 0.1) is 11.7 Å². The first-order valence-electron chi connectivity index (χ1n) is 10.4. The smallest absolute Gasteiger partial charge is 0.225 e. The van der Waals surface area contributed by atoms with Crippen LogP contribution in [0.1, 0.15) is 56.1 Å². The van der Waals surface area contributed by atoms with E-state index in [1.165, 1.54) is 12.8 Å². The van der Waals surface area contributed by atoms with Crippen molar-refractivity contribution in [2.75, 3.05) is 18.0 Å². The molecule has 0 saturated carbocycles. The molecule has 6 nitrogen and oxygen atoms in total. The summed E-state index contributed by atoms with van der Waals surface area (Å²) in [5, 5.41) is 3.11. The summed E-state index contributed by atoms with van der Waals surface area (Å²) < 4.78 is 0. The zero-order valence-electron chi connectivity index (χ0n) is 16.8. The van der Waals surface area contributed by atoms with Crippen LogP contribution in [-0.4, -0.2) is 33.9 Å². The predicted molar refractivity (Wildman–Crippen MR) is 109 cm³/mol. The maximum absolute atomic E-state index is 12.7. The van der Waals surface area contributed by atoms with Gasteiger partial charge in [-0.1, -0.05) is 13.0 Å². The highest BCUT2D eigenvalue weighted by Crippen LogP contribution is 2.27. The summed E-state index contributed by atoms with van der Waals surface area (Å²) in [5.41, 5.74) is 3.12. The van der Waals surface area contributed by atoms with Crippen LogP contribution in [0.15, 0.2) is 30.6 Å². The quantitative estimate of drug-likeness (QED) is 0.884. The van der Waals surface area contributed by atoms with Gasteiger partial charge >= 0.3 is 0 Å². The molecule has 1 N–H and O–H groups in total. The molecule has 1 amide bonds. The van der Waals surface area contributed by atoms with Crippen LogP contribution in [0, 0.1) is 11.8 Å². The highest BCUT2D eigenvalue weighted by atomic mass is 16.1. The monoisotopic (exact) mass is 379 g/mol. The normalized spacial score (nSPS) is 21.1. The van der Waals surface area contributed by atoms with Gasteiger partial charge in [-0.15, -0.1) is 0 Å². The van der Waals surface area contributed by atoms with Crippen molar-refractivity contribution < 1.29 is 4.79 Å². The first kappa shape index (κ1) is 18.8. The Kier molecular flexibility index (Phi) is 5.55. The van der Waals surface area contributed by atoms with Crippen LogP contribution in [0.2, 0.25) is 0 Å². The lowest BCUT2D eigenvalue weighted by Gasteiger charge is -2.31. The van der Waals surface area contributed by atoms with E-state index in [0.29, 0.717) is 6.42 Å². The maximum atomic E-state index is 12.7. The van der Waals surface area contributed by atoms with Gasteiger partial charge in [-0.25, -0.2) is 9.97 Å². The van der Waals surface area contributed by atoms with E-state index in [1.54, 1.807) is 6.20 Å². The van der Waals surface area contributed by atoms with E-state index >= 15 is 0 Å². The first-order valence-corrected chi connectivity index (χ1v) is 10.4. The molecule has 148 valence electrons. The van der Waals surface area contributed by atoms with Crippen LogP contribution in [0.25, 0.3) is 0 Å². The Morgan fingerprint density at radius 1 is 1.21 bits per heavy atom. The number of anilines is 1. The molecular formula is C22H29N5O. The third-order valence-electron chi connectivity index (χ3n) is 6.06. The second-order valence-corrected chi connectivity index (χ2v) is 8.24. The molecule has 2 aliphatic rings. The van der Waals surface area contributed by atoms with Crippen molar-refractivity contribution in [1.82, 2.24) is 20.3 Å². The topological polar surface area (TPSA) is 71.0 Å². The molecule has 2 atom stereocenters. The lowest BCUT2D eigenvalue weighted by Crippen LogP contribution is -2.37. The van der Waals surface area contributed by atoms with Gasteiger partial charge in [-0.05, 0) is 62.6 Å². The predicted octanol–water partition coefficient (Wildman–Crippen LogP) is 3.09. The van der Waals surface area contributed by atoms with Crippen molar-refractivity contribution in [3.8, 4) is 0 Å². The number of fused-ring (bicyclic) bond motifs is 1. The molecule has 2 aromatic rings. The zero-order valence-corrected chi connectivity index (χ0v) is 16.8. The molecule has 0 bridgehead atoms. The molecule has 0 aromatic carbocycles. The number of carbonyl (C=O) groups excluding carboxylic acids is 1. The van der Waals surface area contributed by atoms with E-state index in [2.05, 4.69) is 27.1 Å². The number of aryl methyl sites for hydroxylation is 1. The van der Waals surface area contributed by atoms with Gasteiger partial charge in [-0.3, -0.25) is 9.78 Å². The number of amides is 1. The van der Waals surface area contributed by atoms with Crippen molar-refractivity contribution >= 4 is 11.9 Å². The molecular weight excluding hydrogens is 350 g/mol. The molecule has 1 fully saturated rings. The van der Waals surface area contributed by atoms with E-state index in [0.717, 1.165) is 54.7 Å². The fraction of sp³-hybridized carbons (Fsp3) is 0.545. The van der Waals surface area contributed by atoms with Crippen molar-refractivity contribution in [3.05, 3.63) is 47.5 Å². The third-order valence-corrected chi connectivity index (χ3v) is 6.06. The number of hydrogen-bond acceptors (Lipinski definition) is 5. The first-order chi connectivity index (χ1) is 13.6. The van der Waals surface area contributed by atoms with Gasteiger partial charge in [0.25, 0.3) is 0 Å². The number of nitrogens with zero attached hydrogens (tertiary/aromatic N) is 4. The highest BCUT2D eigenvalue weighted by molar-refractivity contribution is 5.79. The number of piperidine rings is 1. The van der Waals surface area contributed by atoms with E-state index < -0.39 is 0 Å². The van der Waals surface area contributed by atoms with E-state index in [4.69, 9.17) is 4.98 Å². The molecule has 1 aliphatic carbocycles. The fourth-order valence-electron chi connectivity index (χ4n) is 4.12. The summed E-state index contributed by atoms with van der Waals surface area (Å²) in [6, 6.07) is 5.68. The van der Waals surface area contributed by atoms with Gasteiger partial charge in [0.15, 0.2) is 0 Å². The molecule has 3 heterocycles. The Morgan fingerprint density at radius 2 is 2.04 bits per heavy atom. The van der Waals surface area contributed by atoms with Crippen LogP contribution >= 0.6 is 0 Å². The minimum absolute atomic E-state index is 0.0241. The number of pyridine rings is 1. The zero-order chi connectivity index (χ0) is 19.5. The van der Waals surface area contributed by atoms with Crippen molar-refractivity contribution in [1.29, 1.82) is 0 Å². The molecule has 2 aromatic heterocycles. The van der Waals surface area contributed by atoms with Crippen LogP contribution < -0.4 is 10.2 Å². The Balaban J connectivity index is 1.38. The average Bonchev–Trinajstić information content (AvgIpc) is 2.74. The van der Waals surface area contributed by atoms with Crippen molar-refractivity contribution in [2.45, 2.75) is 52.0 Å². The summed E-state index contributed by atoms with van der Waals surface area (Å²) in [7, 11) is 0. The van der Waals surface area contributed by atoms with Crippen molar-refractivity contribution in [2.24, 2.45) is 11.8 Å². The average molecular weight is 380 g/mol. The fourth-order valence-corrected chi connectivity index (χ4v) is 4.12. The summed E-state index contributed by atoms with van der Waals surface area (Å²) in [5.74, 6) is 1.72. The third kappa shape index (κ3) is 4.16. The molecule has 0 radical (unpaired) electrons. The van der Waals surface area contributed by atoms with E-state index in [1.807, 2.05) is 31.3 Å². The molecule has 6 heteroatoms. The summed E-state index contributed by atoms with van der Waals surface area (Å²) in [4.78, 5) is 28.8. The number of carbonyl (C=O) groups is 1. The molecule has 0 spiro atoms. The summed E-state index contributed by atoms with van der Waals surface area (Å²) >= 11 is 0. The number of hydrogen-bond donors (Lipinski definition) is 1. The van der Waals surface area contributed by atoms with E-state index in [9.17, 15) is 4.79 Å². The summed E-state index contributed by atoms with van der Waals surface area (Å²) in [6.45, 7) is 6.36. The largest absolute Gasteiger partial charge is 0.348 e. The van der Waals surface area contributed by atoms with Gasteiger partial charge in [0, 0.05) is 37.1 Å². The number of rotatable bonds is 4. The molecule has 0 unspecified atom stereocenters. The van der Waals surface area contributed by atoms with E-state index in [-0.39, 0.29) is 17.9 Å². The van der Waals surface area contributed by atoms with Crippen LogP contribution in [0.3, 0.4) is 0 Å². The molecule has 1 aliphatic heterocycles. The minimum Gasteiger partial charge on any atom is -0.348 e. The van der Waals surface area contributed by atoms with Crippen LogP contribution in [0.5, 0.6) is 0 Å². The Bertz CT molecular complexity index is 817. The molecule has 4 rings (SSSR count). The SMILES string of the molecule is CC1CCN(c2ncc3c(n2)CC[C@@H](C(=O)N[C@H](C)c2ccccn2)C3)CC1. The van der Waals surface area contributed by atoms with Crippen molar-refractivity contribution in [3.63, 3.8) is 0 Å². The molecule has 28 heavy (non-hydrogen) atoms. The second-order valence-electron chi connectivity index (χ2n) is 8.24. The van der Waals surface area contributed by atoms with Gasteiger partial charge < -0.3 is 10.2 Å². The Hall–Kier alpha value is -2.50. The summed E-state index contributed by atoms with van der Waals surface area (Å²) in [6.07, 6.45) is 8.50. The lowest BCUT2D eigenvalue weighted by atomic mass is 9.86. The Labute approximate surface area is 166 Å². The number of aromatic nitrogens is 3. The van der Waals surface area contributed by atoms with Gasteiger partial charge in [0.2, 0.25) is 11.9 Å². The standard InChI is InChI=1S/C22H29N5O/c1-15-8-11-27(12-9-15)22-24-14-18-13-17(6-7-20(18)26-22)21(28)25-16(2)19-5-3-4-10-23-19/h3-5,10,14-17H,6-9,11-13H2,1-2H3,(H,25,28)/t16-,17-/m1/s1. The Morgan fingerprint density at radius 3 is 2.79 bits per heavy atom. The van der Waals surface area contributed by atoms with Gasteiger partial charge in [-0.2, -0.15) is 0 Å². The van der Waals surface area contributed by atoms with Crippen LogP contribution in [-0.2, 0) is 17.6 Å². The number of nitrogens with one attached hydrogen (secondary N) is 1. The second kappa shape index (κ2) is 8.25.